The van der Waals surface area contributed by atoms with Crippen LogP contribution < -0.4 is 14.8 Å². The molecule has 138 valence electrons. The van der Waals surface area contributed by atoms with Gasteiger partial charge in [0, 0.05) is 6.42 Å². The second-order valence-electron chi connectivity index (χ2n) is 6.86. The summed E-state index contributed by atoms with van der Waals surface area (Å²) in [6.45, 7) is 2.05. The van der Waals surface area contributed by atoms with Gasteiger partial charge in [0.2, 0.25) is 5.91 Å². The van der Waals surface area contributed by atoms with Crippen molar-refractivity contribution in [1.29, 1.82) is 0 Å². The van der Waals surface area contributed by atoms with Crippen LogP contribution in [0.4, 0.5) is 0 Å². The Hall–Kier alpha value is -2.49. The number of methoxy groups -OCH3 is 2. The fraction of sp³-hybridized carbons (Fsp3) is 0.409. The van der Waals surface area contributed by atoms with E-state index in [-0.39, 0.29) is 11.9 Å². The maximum absolute atomic E-state index is 12.3. The number of aryl methyl sites for hydroxylation is 3. The van der Waals surface area contributed by atoms with E-state index in [2.05, 4.69) is 23.5 Å². The second-order valence-corrected chi connectivity index (χ2v) is 6.86. The number of benzene rings is 2. The van der Waals surface area contributed by atoms with Gasteiger partial charge in [0.25, 0.3) is 0 Å². The highest BCUT2D eigenvalue weighted by atomic mass is 16.5. The summed E-state index contributed by atoms with van der Waals surface area (Å²) in [6.07, 6.45) is 4.70. The van der Waals surface area contributed by atoms with Crippen molar-refractivity contribution in [3.63, 3.8) is 0 Å². The number of fused-ring (bicyclic) bond motifs is 1. The average molecular weight is 353 g/mol. The molecule has 0 aliphatic heterocycles. The third-order valence-corrected chi connectivity index (χ3v) is 5.09. The van der Waals surface area contributed by atoms with Gasteiger partial charge >= 0.3 is 0 Å². The molecule has 0 saturated carbocycles. The lowest BCUT2D eigenvalue weighted by Gasteiger charge is -2.16. The van der Waals surface area contributed by atoms with Crippen molar-refractivity contribution >= 4 is 5.91 Å². The molecule has 1 N–H and O–H groups in total. The normalized spacial score (nSPS) is 13.8. The molecule has 0 fully saturated rings. The van der Waals surface area contributed by atoms with Crippen molar-refractivity contribution in [2.24, 2.45) is 0 Å². The van der Waals surface area contributed by atoms with E-state index in [4.69, 9.17) is 9.47 Å². The van der Waals surface area contributed by atoms with E-state index in [1.165, 1.54) is 29.5 Å². The van der Waals surface area contributed by atoms with Gasteiger partial charge < -0.3 is 14.8 Å². The number of amides is 1. The van der Waals surface area contributed by atoms with E-state index in [0.29, 0.717) is 24.3 Å². The monoisotopic (exact) mass is 353 g/mol. The highest BCUT2D eigenvalue weighted by Gasteiger charge is 2.15. The molecular formula is C22H27NO3. The molecule has 2 aromatic carbocycles. The summed E-state index contributed by atoms with van der Waals surface area (Å²) in [7, 11) is 3.23. The third-order valence-electron chi connectivity index (χ3n) is 5.09. The summed E-state index contributed by atoms with van der Waals surface area (Å²) < 4.78 is 10.6. The van der Waals surface area contributed by atoms with Gasteiger partial charge in [0.15, 0.2) is 11.5 Å². The van der Waals surface area contributed by atoms with Crippen LogP contribution in [0.2, 0.25) is 0 Å². The molecule has 0 bridgehead atoms. The van der Waals surface area contributed by atoms with Crippen LogP contribution in [0.25, 0.3) is 0 Å². The summed E-state index contributed by atoms with van der Waals surface area (Å²) in [5.41, 5.74) is 5.14. The Morgan fingerprint density at radius 3 is 2.58 bits per heavy atom. The molecule has 26 heavy (non-hydrogen) atoms. The Morgan fingerprint density at radius 1 is 1.04 bits per heavy atom. The van der Waals surface area contributed by atoms with Gasteiger partial charge in [-0.25, -0.2) is 0 Å². The van der Waals surface area contributed by atoms with E-state index in [1.54, 1.807) is 14.2 Å². The number of ether oxygens (including phenoxy) is 2. The molecule has 4 heteroatoms. The van der Waals surface area contributed by atoms with Crippen molar-refractivity contribution < 1.29 is 14.3 Å². The lowest BCUT2D eigenvalue weighted by Crippen LogP contribution is -2.26. The fourth-order valence-electron chi connectivity index (χ4n) is 3.55. The molecule has 0 spiro atoms. The van der Waals surface area contributed by atoms with Crippen LogP contribution in [-0.2, 0) is 24.1 Å². The van der Waals surface area contributed by atoms with Crippen molar-refractivity contribution in [2.75, 3.05) is 14.2 Å². The van der Waals surface area contributed by atoms with Crippen molar-refractivity contribution in [1.82, 2.24) is 5.32 Å². The van der Waals surface area contributed by atoms with Gasteiger partial charge in [-0.3, -0.25) is 4.79 Å². The van der Waals surface area contributed by atoms with E-state index >= 15 is 0 Å². The van der Waals surface area contributed by atoms with Crippen LogP contribution in [0.1, 0.15) is 48.1 Å². The number of carbonyl (C=O) groups excluding carboxylic acids is 1. The molecule has 2 aromatic rings. The highest BCUT2D eigenvalue weighted by molar-refractivity contribution is 5.76. The molecule has 1 amide bonds. The lowest BCUT2D eigenvalue weighted by molar-refractivity contribution is -0.121. The zero-order valence-corrected chi connectivity index (χ0v) is 15.8. The van der Waals surface area contributed by atoms with Crippen LogP contribution in [0.3, 0.4) is 0 Å². The first kappa shape index (κ1) is 18.3. The Balaban J connectivity index is 1.55. The number of hydrogen-bond acceptors (Lipinski definition) is 3. The minimum absolute atomic E-state index is 0.0267. The molecule has 4 nitrogen and oxygen atoms in total. The van der Waals surface area contributed by atoms with Crippen molar-refractivity contribution in [3.8, 4) is 11.5 Å². The molecule has 1 atom stereocenters. The van der Waals surface area contributed by atoms with E-state index < -0.39 is 0 Å². The Kier molecular flexibility index (Phi) is 5.82. The Morgan fingerprint density at radius 2 is 1.81 bits per heavy atom. The number of hydrogen-bond donors (Lipinski definition) is 1. The zero-order valence-electron chi connectivity index (χ0n) is 15.8. The first-order valence-electron chi connectivity index (χ1n) is 9.22. The average Bonchev–Trinajstić information content (AvgIpc) is 3.13. The number of nitrogens with one attached hydrogen (secondary N) is 1. The predicted molar refractivity (Wildman–Crippen MR) is 103 cm³/mol. The van der Waals surface area contributed by atoms with E-state index in [0.717, 1.165) is 12.0 Å². The van der Waals surface area contributed by atoms with Gasteiger partial charge in [0.1, 0.15) is 0 Å². The standard InChI is InChI=1S/C22H27NO3/c1-15(18-10-9-17-5-4-6-19(17)14-18)23-22(24)12-8-16-7-11-20(25-2)21(13-16)26-3/h7,9-11,13-15H,4-6,8,12H2,1-3H3,(H,23,24). The SMILES string of the molecule is COc1ccc(CCC(=O)NC(C)c2ccc3c(c2)CCC3)cc1OC. The predicted octanol–water partition coefficient (Wildman–Crippen LogP) is 4.00. The van der Waals surface area contributed by atoms with Crippen LogP contribution in [-0.4, -0.2) is 20.1 Å². The molecule has 0 radical (unpaired) electrons. The van der Waals surface area contributed by atoms with Gasteiger partial charge in [-0.05, 0) is 67.0 Å². The van der Waals surface area contributed by atoms with Gasteiger partial charge in [-0.15, -0.1) is 0 Å². The van der Waals surface area contributed by atoms with Crippen molar-refractivity contribution in [2.45, 2.75) is 45.1 Å². The van der Waals surface area contributed by atoms with Gasteiger partial charge in [0.05, 0.1) is 20.3 Å². The third kappa shape index (κ3) is 4.18. The van der Waals surface area contributed by atoms with E-state index in [1.807, 2.05) is 25.1 Å². The van der Waals surface area contributed by atoms with Crippen LogP contribution in [0.5, 0.6) is 11.5 Å². The molecule has 3 rings (SSSR count). The topological polar surface area (TPSA) is 47.6 Å². The van der Waals surface area contributed by atoms with Gasteiger partial charge in [-0.2, -0.15) is 0 Å². The molecule has 0 aromatic heterocycles. The van der Waals surface area contributed by atoms with Crippen LogP contribution >= 0.6 is 0 Å². The zero-order chi connectivity index (χ0) is 18.5. The quantitative estimate of drug-likeness (QED) is 0.818. The minimum atomic E-state index is 0.0267. The highest BCUT2D eigenvalue weighted by Crippen LogP contribution is 2.28. The number of rotatable bonds is 7. The molecule has 1 unspecified atom stereocenters. The summed E-state index contributed by atoms with van der Waals surface area (Å²) in [5.74, 6) is 1.45. The minimum Gasteiger partial charge on any atom is -0.493 e. The van der Waals surface area contributed by atoms with E-state index in [9.17, 15) is 4.79 Å². The lowest BCUT2D eigenvalue weighted by atomic mass is 10.0. The molecule has 0 heterocycles. The summed E-state index contributed by atoms with van der Waals surface area (Å²) in [5, 5.41) is 3.11. The molecule has 0 saturated heterocycles. The Bertz CT molecular complexity index is 785. The van der Waals surface area contributed by atoms with Crippen LogP contribution in [0, 0.1) is 0 Å². The Labute approximate surface area is 155 Å². The van der Waals surface area contributed by atoms with Gasteiger partial charge in [-0.1, -0.05) is 24.3 Å². The first-order valence-corrected chi connectivity index (χ1v) is 9.22. The maximum Gasteiger partial charge on any atom is 0.220 e. The summed E-state index contributed by atoms with van der Waals surface area (Å²) in [4.78, 5) is 12.3. The fourth-order valence-corrected chi connectivity index (χ4v) is 3.55. The maximum atomic E-state index is 12.3. The first-order chi connectivity index (χ1) is 12.6. The van der Waals surface area contributed by atoms with Crippen LogP contribution in [0.15, 0.2) is 36.4 Å². The smallest absolute Gasteiger partial charge is 0.220 e. The van der Waals surface area contributed by atoms with Crippen molar-refractivity contribution in [3.05, 3.63) is 58.7 Å². The summed E-state index contributed by atoms with van der Waals surface area (Å²) in [6, 6.07) is 12.4. The molecular weight excluding hydrogens is 326 g/mol. The molecule has 1 aliphatic carbocycles. The largest absolute Gasteiger partial charge is 0.493 e. The second kappa shape index (κ2) is 8.26. The molecule has 1 aliphatic rings. The number of carbonyl (C=O) groups is 1. The summed E-state index contributed by atoms with van der Waals surface area (Å²) >= 11 is 0.